The Labute approximate surface area is 200 Å². The van der Waals surface area contributed by atoms with Gasteiger partial charge in [-0.15, -0.1) is 0 Å². The predicted octanol–water partition coefficient (Wildman–Crippen LogP) is 6.53. The smallest absolute Gasteiger partial charge is 0.292 e. The van der Waals surface area contributed by atoms with E-state index in [9.17, 15) is 4.79 Å². The van der Waals surface area contributed by atoms with Gasteiger partial charge < -0.3 is 14.5 Å². The number of rotatable bonds is 7. The number of para-hydroxylation sites is 1. The number of benzene rings is 2. The first-order valence-electron chi connectivity index (χ1n) is 9.23. The molecule has 4 aromatic rings. The van der Waals surface area contributed by atoms with E-state index in [4.69, 9.17) is 20.8 Å². The van der Waals surface area contributed by atoms with Crippen LogP contribution >= 0.6 is 43.5 Å². The molecule has 0 aliphatic heterocycles. The molecule has 158 valence electrons. The molecule has 9 heteroatoms. The van der Waals surface area contributed by atoms with E-state index in [1.807, 2.05) is 48.5 Å². The molecule has 0 unspecified atom stereocenters. The number of nitrogens with zero attached hydrogens (tertiary/aromatic N) is 2. The largest absolute Gasteiger partial charge is 0.484 e. The molecule has 4 rings (SSSR count). The number of furan rings is 1. The molecule has 2 heterocycles. The van der Waals surface area contributed by atoms with Crippen LogP contribution in [0.15, 0.2) is 80.2 Å². The topological polar surface area (TPSA) is 69.3 Å². The zero-order valence-corrected chi connectivity index (χ0v) is 19.9. The van der Waals surface area contributed by atoms with E-state index >= 15 is 0 Å². The maximum absolute atomic E-state index is 12.6. The third-order valence-corrected chi connectivity index (χ3v) is 5.94. The summed E-state index contributed by atoms with van der Waals surface area (Å²) in [5.74, 6) is 1.37. The first kappa shape index (κ1) is 21.7. The minimum Gasteiger partial charge on any atom is -0.484 e. The van der Waals surface area contributed by atoms with E-state index in [1.165, 1.54) is 0 Å². The molecule has 0 saturated heterocycles. The van der Waals surface area contributed by atoms with Crippen molar-refractivity contribution in [2.75, 3.05) is 5.32 Å². The number of hydrogen-bond acceptors (Lipinski definition) is 4. The van der Waals surface area contributed by atoms with Crippen molar-refractivity contribution in [1.29, 1.82) is 0 Å². The molecule has 1 amide bonds. The average Bonchev–Trinajstić information content (AvgIpc) is 3.36. The average molecular weight is 566 g/mol. The van der Waals surface area contributed by atoms with Crippen molar-refractivity contribution in [1.82, 2.24) is 9.78 Å². The van der Waals surface area contributed by atoms with Crippen LogP contribution in [-0.4, -0.2) is 15.7 Å². The van der Waals surface area contributed by atoms with E-state index in [0.717, 1.165) is 10.0 Å². The van der Waals surface area contributed by atoms with Gasteiger partial charge in [-0.1, -0.05) is 41.9 Å². The molecule has 0 bridgehead atoms. The predicted molar refractivity (Wildman–Crippen MR) is 126 cm³/mol. The number of anilines is 1. The van der Waals surface area contributed by atoms with Crippen LogP contribution in [0, 0.1) is 0 Å². The van der Waals surface area contributed by atoms with E-state index in [1.54, 1.807) is 23.0 Å². The van der Waals surface area contributed by atoms with E-state index in [-0.39, 0.29) is 12.4 Å². The van der Waals surface area contributed by atoms with Gasteiger partial charge in [0.25, 0.3) is 5.91 Å². The second-order valence-electron chi connectivity index (χ2n) is 6.55. The van der Waals surface area contributed by atoms with Crippen LogP contribution in [0.3, 0.4) is 0 Å². The highest BCUT2D eigenvalue weighted by molar-refractivity contribution is 9.11. The van der Waals surface area contributed by atoms with Gasteiger partial charge >= 0.3 is 0 Å². The van der Waals surface area contributed by atoms with Crippen LogP contribution in [0.5, 0.6) is 5.75 Å². The number of aromatic nitrogens is 2. The van der Waals surface area contributed by atoms with Crippen LogP contribution in [0.1, 0.15) is 21.9 Å². The summed E-state index contributed by atoms with van der Waals surface area (Å²) in [5.41, 5.74) is 0.928. The highest BCUT2D eigenvalue weighted by Crippen LogP contribution is 2.26. The Balaban J connectivity index is 1.39. The number of hydrogen-bond donors (Lipinski definition) is 1. The molecule has 0 fully saturated rings. The zero-order chi connectivity index (χ0) is 21.8. The van der Waals surface area contributed by atoms with Gasteiger partial charge in [-0.2, -0.15) is 5.10 Å². The second-order valence-corrected chi connectivity index (χ2v) is 8.67. The quantitative estimate of drug-likeness (QED) is 0.277. The fourth-order valence-electron chi connectivity index (χ4n) is 2.82. The Morgan fingerprint density at radius 3 is 2.65 bits per heavy atom. The Bertz CT molecular complexity index is 1220. The molecule has 0 saturated carbocycles. The summed E-state index contributed by atoms with van der Waals surface area (Å²) in [4.78, 5) is 12.6. The number of carbonyl (C=O) groups is 1. The van der Waals surface area contributed by atoms with Gasteiger partial charge in [0.05, 0.1) is 15.5 Å². The monoisotopic (exact) mass is 563 g/mol. The first-order valence-corrected chi connectivity index (χ1v) is 11.2. The zero-order valence-electron chi connectivity index (χ0n) is 16.0. The van der Waals surface area contributed by atoms with Crippen LogP contribution in [0.2, 0.25) is 5.02 Å². The lowest BCUT2D eigenvalue weighted by Gasteiger charge is -2.06. The summed E-state index contributed by atoms with van der Waals surface area (Å²) in [6.45, 7) is 0.678. The van der Waals surface area contributed by atoms with Crippen LogP contribution in [-0.2, 0) is 13.2 Å². The van der Waals surface area contributed by atoms with Crippen molar-refractivity contribution in [2.24, 2.45) is 0 Å². The Kier molecular flexibility index (Phi) is 6.80. The van der Waals surface area contributed by atoms with E-state index in [2.05, 4.69) is 42.3 Å². The highest BCUT2D eigenvalue weighted by atomic mass is 79.9. The number of ether oxygens (including phenoxy) is 1. The summed E-state index contributed by atoms with van der Waals surface area (Å²) in [6, 6.07) is 18.4. The SMILES string of the molecule is O=C(Nc1nn(Cc2ccccc2Cl)cc1Br)c1ccc(COc2ccccc2Br)o1. The molecule has 1 N–H and O–H groups in total. The molecule has 6 nitrogen and oxygen atoms in total. The van der Waals surface area contributed by atoms with Gasteiger partial charge in [-0.3, -0.25) is 9.48 Å². The molecule has 0 radical (unpaired) electrons. The standard InChI is InChI=1S/C22H16Br2ClN3O3/c23-16-6-2-4-8-19(16)30-13-15-9-10-20(31-15)22(29)26-21-17(24)12-28(27-21)11-14-5-1-3-7-18(14)25/h1-10,12H,11,13H2,(H,26,27,29). The van der Waals surface area contributed by atoms with Crippen molar-refractivity contribution < 1.29 is 13.9 Å². The van der Waals surface area contributed by atoms with Gasteiger partial charge in [0.2, 0.25) is 0 Å². The maximum atomic E-state index is 12.6. The van der Waals surface area contributed by atoms with E-state index < -0.39 is 5.91 Å². The normalized spacial score (nSPS) is 10.8. The molecule has 0 atom stereocenters. The number of amides is 1. The molecule has 31 heavy (non-hydrogen) atoms. The molecule has 0 aliphatic carbocycles. The molecule has 0 aliphatic rings. The second kappa shape index (κ2) is 9.72. The minimum atomic E-state index is -0.407. The van der Waals surface area contributed by atoms with Crippen molar-refractivity contribution in [3.8, 4) is 5.75 Å². The summed E-state index contributed by atoms with van der Waals surface area (Å²) >= 11 is 13.1. The van der Waals surface area contributed by atoms with E-state index in [0.29, 0.717) is 33.4 Å². The van der Waals surface area contributed by atoms with Gasteiger partial charge in [0, 0.05) is 11.2 Å². The number of nitrogens with one attached hydrogen (secondary N) is 1. The van der Waals surface area contributed by atoms with Crippen LogP contribution in [0.4, 0.5) is 5.82 Å². The van der Waals surface area contributed by atoms with Crippen molar-refractivity contribution in [2.45, 2.75) is 13.2 Å². The third kappa shape index (κ3) is 5.39. The summed E-state index contributed by atoms with van der Waals surface area (Å²) < 4.78 is 14.5. The Morgan fingerprint density at radius 2 is 1.84 bits per heavy atom. The van der Waals surface area contributed by atoms with Gasteiger partial charge in [0.15, 0.2) is 11.6 Å². The van der Waals surface area contributed by atoms with Crippen molar-refractivity contribution >= 4 is 55.2 Å². The highest BCUT2D eigenvalue weighted by Gasteiger charge is 2.16. The van der Waals surface area contributed by atoms with Crippen LogP contribution < -0.4 is 10.1 Å². The van der Waals surface area contributed by atoms with Crippen molar-refractivity contribution in [3.63, 3.8) is 0 Å². The Morgan fingerprint density at radius 1 is 1.06 bits per heavy atom. The molecule has 2 aromatic carbocycles. The summed E-state index contributed by atoms with van der Waals surface area (Å²) in [6.07, 6.45) is 1.78. The molecule has 0 spiro atoms. The minimum absolute atomic E-state index is 0.165. The lowest BCUT2D eigenvalue weighted by Crippen LogP contribution is -2.12. The lowest BCUT2D eigenvalue weighted by atomic mass is 10.2. The first-order chi connectivity index (χ1) is 15.0. The lowest BCUT2D eigenvalue weighted by molar-refractivity contribution is 0.0992. The van der Waals surface area contributed by atoms with Gasteiger partial charge in [-0.25, -0.2) is 0 Å². The molecule has 2 aromatic heterocycles. The fraction of sp³-hybridized carbons (Fsp3) is 0.0909. The van der Waals surface area contributed by atoms with Gasteiger partial charge in [0.1, 0.15) is 18.1 Å². The molecular weight excluding hydrogens is 550 g/mol. The molecular formula is C22H16Br2ClN3O3. The van der Waals surface area contributed by atoms with Gasteiger partial charge in [-0.05, 0) is 67.8 Å². The number of halogens is 3. The van der Waals surface area contributed by atoms with Crippen molar-refractivity contribution in [3.05, 3.63) is 97.9 Å². The maximum Gasteiger partial charge on any atom is 0.292 e. The summed E-state index contributed by atoms with van der Waals surface area (Å²) in [7, 11) is 0. The third-order valence-electron chi connectivity index (χ3n) is 4.33. The fourth-order valence-corrected chi connectivity index (χ4v) is 3.83. The summed E-state index contributed by atoms with van der Waals surface area (Å²) in [5, 5.41) is 7.82. The van der Waals surface area contributed by atoms with Crippen LogP contribution in [0.25, 0.3) is 0 Å². The number of carbonyl (C=O) groups excluding carboxylic acids is 1. The Hall–Kier alpha value is -2.55.